The van der Waals surface area contributed by atoms with Gasteiger partial charge in [-0.2, -0.15) is 5.10 Å². The first-order chi connectivity index (χ1) is 10.5. The smallest absolute Gasteiger partial charge is 0.274 e. The van der Waals surface area contributed by atoms with E-state index in [9.17, 15) is 9.59 Å². The Balaban J connectivity index is 2.49. The van der Waals surface area contributed by atoms with Crippen molar-refractivity contribution in [2.24, 2.45) is 5.92 Å². The summed E-state index contributed by atoms with van der Waals surface area (Å²) in [5.74, 6) is 0.0597. The summed E-state index contributed by atoms with van der Waals surface area (Å²) in [6.45, 7) is 7.23. The SMILES string of the molecule is CCCCNC(=O)c1nn(CC(C)C)c(=O)c2ccccc12. The summed E-state index contributed by atoms with van der Waals surface area (Å²) in [6.07, 6.45) is 1.94. The lowest BCUT2D eigenvalue weighted by Gasteiger charge is -2.12. The largest absolute Gasteiger partial charge is 0.351 e. The fraction of sp³-hybridized carbons (Fsp3) is 0.471. The number of aromatic nitrogens is 2. The summed E-state index contributed by atoms with van der Waals surface area (Å²) >= 11 is 0. The average molecular weight is 301 g/mol. The zero-order valence-corrected chi connectivity index (χ0v) is 13.4. The number of unbranched alkanes of at least 4 members (excludes halogenated alkanes) is 1. The minimum absolute atomic E-state index is 0.144. The highest BCUT2D eigenvalue weighted by atomic mass is 16.2. The Bertz CT molecular complexity index is 719. The highest BCUT2D eigenvalue weighted by Crippen LogP contribution is 2.13. The van der Waals surface area contributed by atoms with Gasteiger partial charge in [0.1, 0.15) is 0 Å². The minimum atomic E-state index is -0.220. The molecule has 1 aromatic carbocycles. The van der Waals surface area contributed by atoms with E-state index in [0.29, 0.717) is 29.6 Å². The third kappa shape index (κ3) is 3.53. The molecule has 0 aliphatic heterocycles. The van der Waals surface area contributed by atoms with Gasteiger partial charge in [0, 0.05) is 18.5 Å². The summed E-state index contributed by atoms with van der Waals surface area (Å²) in [7, 11) is 0. The Morgan fingerprint density at radius 1 is 1.27 bits per heavy atom. The van der Waals surface area contributed by atoms with Crippen molar-refractivity contribution in [3.63, 3.8) is 0 Å². The van der Waals surface area contributed by atoms with Gasteiger partial charge in [-0.25, -0.2) is 4.68 Å². The molecule has 1 N–H and O–H groups in total. The third-order valence-electron chi connectivity index (χ3n) is 3.44. The number of nitrogens with one attached hydrogen (secondary N) is 1. The quantitative estimate of drug-likeness (QED) is 0.834. The van der Waals surface area contributed by atoms with Gasteiger partial charge in [0.05, 0.1) is 5.39 Å². The molecule has 0 atom stereocenters. The highest BCUT2D eigenvalue weighted by molar-refractivity contribution is 6.04. The van der Waals surface area contributed by atoms with E-state index in [1.165, 1.54) is 4.68 Å². The maximum Gasteiger partial charge on any atom is 0.274 e. The van der Waals surface area contributed by atoms with Crippen LogP contribution in [-0.2, 0) is 6.54 Å². The molecule has 0 aliphatic carbocycles. The summed E-state index contributed by atoms with van der Waals surface area (Å²) in [4.78, 5) is 24.9. The van der Waals surface area contributed by atoms with Crippen LogP contribution in [0.25, 0.3) is 10.8 Å². The van der Waals surface area contributed by atoms with Gasteiger partial charge in [0.25, 0.3) is 11.5 Å². The van der Waals surface area contributed by atoms with E-state index in [1.54, 1.807) is 12.1 Å². The van der Waals surface area contributed by atoms with Crippen molar-refractivity contribution >= 4 is 16.7 Å². The van der Waals surface area contributed by atoms with Crippen molar-refractivity contribution in [3.05, 3.63) is 40.3 Å². The Hall–Kier alpha value is -2.17. The van der Waals surface area contributed by atoms with Crippen LogP contribution in [0.1, 0.15) is 44.1 Å². The van der Waals surface area contributed by atoms with Gasteiger partial charge in [-0.15, -0.1) is 0 Å². The Morgan fingerprint density at radius 2 is 1.95 bits per heavy atom. The highest BCUT2D eigenvalue weighted by Gasteiger charge is 2.16. The van der Waals surface area contributed by atoms with Crippen LogP contribution in [0.5, 0.6) is 0 Å². The van der Waals surface area contributed by atoms with E-state index in [2.05, 4.69) is 17.3 Å². The lowest BCUT2D eigenvalue weighted by atomic mass is 10.1. The Kier molecular flexibility index (Phi) is 5.31. The zero-order chi connectivity index (χ0) is 16.1. The summed E-state index contributed by atoms with van der Waals surface area (Å²) < 4.78 is 1.40. The topological polar surface area (TPSA) is 64.0 Å². The van der Waals surface area contributed by atoms with Crippen LogP contribution >= 0.6 is 0 Å². The second-order valence-electron chi connectivity index (χ2n) is 5.88. The van der Waals surface area contributed by atoms with Crippen LogP contribution in [-0.4, -0.2) is 22.2 Å². The first kappa shape index (κ1) is 16.2. The van der Waals surface area contributed by atoms with Crippen molar-refractivity contribution in [1.29, 1.82) is 0 Å². The Morgan fingerprint density at radius 3 is 2.59 bits per heavy atom. The number of hydrogen-bond acceptors (Lipinski definition) is 3. The van der Waals surface area contributed by atoms with E-state index >= 15 is 0 Å². The molecular formula is C17H23N3O2. The van der Waals surface area contributed by atoms with Gasteiger partial charge in [-0.3, -0.25) is 9.59 Å². The van der Waals surface area contributed by atoms with Gasteiger partial charge < -0.3 is 5.32 Å². The van der Waals surface area contributed by atoms with Gasteiger partial charge in [-0.05, 0) is 18.4 Å². The molecule has 0 saturated carbocycles. The van der Waals surface area contributed by atoms with Crippen LogP contribution in [0.2, 0.25) is 0 Å². The van der Waals surface area contributed by atoms with Crippen molar-refractivity contribution in [3.8, 4) is 0 Å². The summed E-state index contributed by atoms with van der Waals surface area (Å²) in [5.41, 5.74) is 0.182. The molecule has 2 aromatic rings. The first-order valence-corrected chi connectivity index (χ1v) is 7.82. The number of amides is 1. The molecule has 1 aromatic heterocycles. The molecular weight excluding hydrogens is 278 g/mol. The first-order valence-electron chi connectivity index (χ1n) is 7.82. The van der Waals surface area contributed by atoms with Gasteiger partial charge in [0.2, 0.25) is 0 Å². The number of carbonyl (C=O) groups excluding carboxylic acids is 1. The van der Waals surface area contributed by atoms with Crippen molar-refractivity contribution in [2.45, 2.75) is 40.2 Å². The molecule has 0 aliphatic rings. The number of nitrogens with zero attached hydrogens (tertiary/aromatic N) is 2. The molecule has 0 unspecified atom stereocenters. The predicted octanol–water partition coefficient (Wildman–Crippen LogP) is 2.58. The fourth-order valence-electron chi connectivity index (χ4n) is 2.33. The number of fused-ring (bicyclic) bond motifs is 1. The molecule has 5 heteroatoms. The second-order valence-corrected chi connectivity index (χ2v) is 5.88. The molecule has 118 valence electrons. The summed E-state index contributed by atoms with van der Waals surface area (Å²) in [6, 6.07) is 7.15. The Labute approximate surface area is 130 Å². The van der Waals surface area contributed by atoms with E-state index < -0.39 is 0 Å². The van der Waals surface area contributed by atoms with Gasteiger partial charge in [0.15, 0.2) is 5.69 Å². The number of benzene rings is 1. The molecule has 0 spiro atoms. The van der Waals surface area contributed by atoms with E-state index in [4.69, 9.17) is 0 Å². The third-order valence-corrected chi connectivity index (χ3v) is 3.44. The van der Waals surface area contributed by atoms with Crippen molar-refractivity contribution in [2.75, 3.05) is 6.54 Å². The molecule has 0 saturated heterocycles. The predicted molar refractivity (Wildman–Crippen MR) is 88.1 cm³/mol. The van der Waals surface area contributed by atoms with Crippen LogP contribution in [0, 0.1) is 5.92 Å². The van der Waals surface area contributed by atoms with Gasteiger partial charge in [-0.1, -0.05) is 45.4 Å². The number of hydrogen-bond donors (Lipinski definition) is 1. The van der Waals surface area contributed by atoms with E-state index in [-0.39, 0.29) is 17.4 Å². The molecule has 22 heavy (non-hydrogen) atoms. The van der Waals surface area contributed by atoms with E-state index in [1.807, 2.05) is 26.0 Å². The minimum Gasteiger partial charge on any atom is -0.351 e. The number of rotatable bonds is 6. The maximum atomic E-state index is 12.5. The van der Waals surface area contributed by atoms with Crippen molar-refractivity contribution < 1.29 is 4.79 Å². The second kappa shape index (κ2) is 7.20. The zero-order valence-electron chi connectivity index (χ0n) is 13.4. The molecule has 2 rings (SSSR count). The summed E-state index contributed by atoms with van der Waals surface area (Å²) in [5, 5.41) is 8.34. The molecule has 1 amide bonds. The van der Waals surface area contributed by atoms with Gasteiger partial charge >= 0.3 is 0 Å². The molecule has 1 heterocycles. The van der Waals surface area contributed by atoms with Crippen LogP contribution in [0.4, 0.5) is 0 Å². The molecule has 0 radical (unpaired) electrons. The van der Waals surface area contributed by atoms with E-state index in [0.717, 1.165) is 12.8 Å². The van der Waals surface area contributed by atoms with Crippen molar-refractivity contribution in [1.82, 2.24) is 15.1 Å². The van der Waals surface area contributed by atoms with Crippen LogP contribution < -0.4 is 10.9 Å². The van der Waals surface area contributed by atoms with Crippen LogP contribution in [0.3, 0.4) is 0 Å². The average Bonchev–Trinajstić information content (AvgIpc) is 2.50. The monoisotopic (exact) mass is 301 g/mol. The standard InChI is InChI=1S/C17H23N3O2/c1-4-5-10-18-16(21)15-13-8-6-7-9-14(13)17(22)20(19-15)11-12(2)3/h6-9,12H,4-5,10-11H2,1-3H3,(H,18,21). The fourth-order valence-corrected chi connectivity index (χ4v) is 2.33. The molecule has 5 nitrogen and oxygen atoms in total. The molecule has 0 bridgehead atoms. The maximum absolute atomic E-state index is 12.5. The lowest BCUT2D eigenvalue weighted by molar-refractivity contribution is 0.0947. The van der Waals surface area contributed by atoms with Crippen LogP contribution in [0.15, 0.2) is 29.1 Å². The molecule has 0 fully saturated rings. The number of carbonyl (C=O) groups is 1. The lowest BCUT2D eigenvalue weighted by Crippen LogP contribution is -2.32. The normalized spacial score (nSPS) is 11.1.